The number of aromatic nitrogens is 2. The van der Waals surface area contributed by atoms with Gasteiger partial charge < -0.3 is 13.9 Å². The Kier molecular flexibility index (Phi) is 3.77. The van der Waals surface area contributed by atoms with Gasteiger partial charge in [0.15, 0.2) is 5.69 Å². The van der Waals surface area contributed by atoms with Crippen LogP contribution in [-0.2, 0) is 6.42 Å². The van der Waals surface area contributed by atoms with Crippen molar-refractivity contribution in [3.8, 4) is 0 Å². The molecule has 21 heavy (non-hydrogen) atoms. The Morgan fingerprint density at radius 1 is 1.38 bits per heavy atom. The zero-order valence-electron chi connectivity index (χ0n) is 12.3. The summed E-state index contributed by atoms with van der Waals surface area (Å²) in [5, 5.41) is 7.95. The van der Waals surface area contributed by atoms with Gasteiger partial charge in [0, 0.05) is 25.1 Å². The van der Waals surface area contributed by atoms with Crippen molar-refractivity contribution in [3.05, 3.63) is 35.0 Å². The van der Waals surface area contributed by atoms with Gasteiger partial charge in [0.25, 0.3) is 5.91 Å². The minimum atomic E-state index is -0.0933. The topological polar surface area (TPSA) is 72.4 Å². The molecule has 6 nitrogen and oxygen atoms in total. The molecule has 0 unspecified atom stereocenters. The van der Waals surface area contributed by atoms with Gasteiger partial charge in [-0.25, -0.2) is 0 Å². The number of likely N-dealkylation sites (tertiary alicyclic amines) is 1. The molecular weight excluding hydrogens is 270 g/mol. The average Bonchev–Trinajstić information content (AvgIpc) is 3.17. The quantitative estimate of drug-likeness (QED) is 0.865. The molecule has 3 heterocycles. The number of carbonyl (C=O) groups is 1. The third kappa shape index (κ3) is 2.70. The summed E-state index contributed by atoms with van der Waals surface area (Å²) in [4.78, 5) is 14.4. The minimum absolute atomic E-state index is 0.0266. The van der Waals surface area contributed by atoms with Gasteiger partial charge in [-0.05, 0) is 26.2 Å². The molecule has 0 bridgehead atoms. The van der Waals surface area contributed by atoms with Gasteiger partial charge in [0.2, 0.25) is 0 Å². The number of hydrogen-bond donors (Lipinski definition) is 0. The number of carbonyl (C=O) groups excluding carboxylic acids is 1. The van der Waals surface area contributed by atoms with Gasteiger partial charge in [-0.1, -0.05) is 17.2 Å². The van der Waals surface area contributed by atoms with Crippen LogP contribution in [0.25, 0.3) is 0 Å². The first-order valence-corrected chi connectivity index (χ1v) is 7.39. The summed E-state index contributed by atoms with van der Waals surface area (Å²) in [5.74, 6) is 1.43. The smallest absolute Gasteiger partial charge is 0.276 e. The van der Waals surface area contributed by atoms with Crippen molar-refractivity contribution in [2.45, 2.75) is 45.6 Å². The van der Waals surface area contributed by atoms with Gasteiger partial charge in [0.05, 0.1) is 6.04 Å². The zero-order valence-corrected chi connectivity index (χ0v) is 12.3. The van der Waals surface area contributed by atoms with Crippen molar-refractivity contribution in [3.63, 3.8) is 0 Å². The van der Waals surface area contributed by atoms with Crippen LogP contribution in [0.3, 0.4) is 0 Å². The highest BCUT2D eigenvalue weighted by Gasteiger charge is 2.33. The largest absolute Gasteiger partial charge is 0.361 e. The predicted molar refractivity (Wildman–Crippen MR) is 74.7 cm³/mol. The zero-order chi connectivity index (χ0) is 14.8. The molecule has 1 amide bonds. The maximum atomic E-state index is 12.6. The molecule has 1 saturated heterocycles. The molecule has 1 atom stereocenters. The van der Waals surface area contributed by atoms with E-state index in [-0.39, 0.29) is 11.9 Å². The van der Waals surface area contributed by atoms with Crippen LogP contribution in [0.15, 0.2) is 21.2 Å². The van der Waals surface area contributed by atoms with Crippen LogP contribution in [0.4, 0.5) is 0 Å². The molecule has 112 valence electrons. The maximum Gasteiger partial charge on any atom is 0.276 e. The molecule has 0 spiro atoms. The third-order valence-corrected chi connectivity index (χ3v) is 3.78. The van der Waals surface area contributed by atoms with E-state index in [2.05, 4.69) is 17.2 Å². The fourth-order valence-electron chi connectivity index (χ4n) is 2.79. The SMILES string of the molecule is CCCc1cc(C(=O)N2CCC[C@H]2c2cc(C)on2)no1. The number of amides is 1. The average molecular weight is 289 g/mol. The Labute approximate surface area is 123 Å². The molecular formula is C15H19N3O3. The Bertz CT molecular complexity index is 632. The Balaban J connectivity index is 1.79. The van der Waals surface area contributed by atoms with Crippen LogP contribution >= 0.6 is 0 Å². The van der Waals surface area contributed by atoms with E-state index in [1.807, 2.05) is 17.9 Å². The van der Waals surface area contributed by atoms with Crippen LogP contribution in [0.5, 0.6) is 0 Å². The molecule has 1 aliphatic rings. The van der Waals surface area contributed by atoms with Crippen LogP contribution in [0.2, 0.25) is 0 Å². The molecule has 2 aromatic rings. The Morgan fingerprint density at radius 3 is 2.95 bits per heavy atom. The van der Waals surface area contributed by atoms with Gasteiger partial charge in [0.1, 0.15) is 17.2 Å². The van der Waals surface area contributed by atoms with Crippen molar-refractivity contribution in [2.75, 3.05) is 6.54 Å². The molecule has 1 aliphatic heterocycles. The van der Waals surface area contributed by atoms with Gasteiger partial charge in [-0.15, -0.1) is 0 Å². The number of rotatable bonds is 4. The lowest BCUT2D eigenvalue weighted by atomic mass is 10.1. The Morgan fingerprint density at radius 2 is 2.24 bits per heavy atom. The number of aryl methyl sites for hydroxylation is 2. The molecule has 0 N–H and O–H groups in total. The highest BCUT2D eigenvalue weighted by molar-refractivity contribution is 5.92. The van der Waals surface area contributed by atoms with E-state index in [4.69, 9.17) is 9.05 Å². The van der Waals surface area contributed by atoms with E-state index in [0.29, 0.717) is 12.2 Å². The van der Waals surface area contributed by atoms with Crippen molar-refractivity contribution >= 4 is 5.91 Å². The fraction of sp³-hybridized carbons (Fsp3) is 0.533. The lowest BCUT2D eigenvalue weighted by Crippen LogP contribution is -2.30. The minimum Gasteiger partial charge on any atom is -0.361 e. The van der Waals surface area contributed by atoms with Crippen molar-refractivity contribution < 1.29 is 13.8 Å². The summed E-state index contributed by atoms with van der Waals surface area (Å²) < 4.78 is 10.3. The lowest BCUT2D eigenvalue weighted by Gasteiger charge is -2.21. The number of nitrogens with zero attached hydrogens (tertiary/aromatic N) is 3. The van der Waals surface area contributed by atoms with E-state index >= 15 is 0 Å². The van der Waals surface area contributed by atoms with Gasteiger partial charge in [-0.2, -0.15) is 0 Å². The van der Waals surface area contributed by atoms with Crippen molar-refractivity contribution in [2.24, 2.45) is 0 Å². The first-order chi connectivity index (χ1) is 10.2. The van der Waals surface area contributed by atoms with Crippen molar-refractivity contribution in [1.29, 1.82) is 0 Å². The Hall–Kier alpha value is -2.11. The second-order valence-electron chi connectivity index (χ2n) is 5.45. The molecule has 0 aromatic carbocycles. The molecule has 6 heteroatoms. The standard InChI is InChI=1S/C15H19N3O3/c1-3-5-11-9-13(17-21-11)15(19)18-7-4-6-14(18)12-8-10(2)20-16-12/h8-9,14H,3-7H2,1-2H3/t14-/m0/s1. The summed E-state index contributed by atoms with van der Waals surface area (Å²) in [6, 6.07) is 3.61. The van der Waals surface area contributed by atoms with Crippen LogP contribution in [0.1, 0.15) is 59.9 Å². The van der Waals surface area contributed by atoms with Crippen LogP contribution < -0.4 is 0 Å². The molecule has 1 fully saturated rings. The van der Waals surface area contributed by atoms with Gasteiger partial charge >= 0.3 is 0 Å². The van der Waals surface area contributed by atoms with E-state index in [9.17, 15) is 4.79 Å². The maximum absolute atomic E-state index is 12.6. The van der Waals surface area contributed by atoms with Crippen molar-refractivity contribution in [1.82, 2.24) is 15.2 Å². The van der Waals surface area contributed by atoms with Crippen LogP contribution in [-0.4, -0.2) is 27.7 Å². The molecule has 3 rings (SSSR count). The van der Waals surface area contributed by atoms with Gasteiger partial charge in [-0.3, -0.25) is 4.79 Å². The molecule has 2 aromatic heterocycles. The first-order valence-electron chi connectivity index (χ1n) is 7.39. The lowest BCUT2D eigenvalue weighted by molar-refractivity contribution is 0.0720. The van der Waals surface area contributed by atoms with E-state index in [1.54, 1.807) is 6.07 Å². The van der Waals surface area contributed by atoms with Crippen LogP contribution in [0, 0.1) is 6.92 Å². The second kappa shape index (κ2) is 5.71. The summed E-state index contributed by atoms with van der Waals surface area (Å²) in [6.07, 6.45) is 3.62. The molecule has 0 saturated carbocycles. The summed E-state index contributed by atoms with van der Waals surface area (Å²) >= 11 is 0. The summed E-state index contributed by atoms with van der Waals surface area (Å²) in [6.45, 7) is 4.63. The summed E-state index contributed by atoms with van der Waals surface area (Å²) in [5.41, 5.74) is 1.20. The number of hydrogen-bond acceptors (Lipinski definition) is 5. The predicted octanol–water partition coefficient (Wildman–Crippen LogP) is 2.90. The highest BCUT2D eigenvalue weighted by Crippen LogP contribution is 2.32. The third-order valence-electron chi connectivity index (χ3n) is 3.78. The monoisotopic (exact) mass is 289 g/mol. The molecule has 0 radical (unpaired) electrons. The second-order valence-corrected chi connectivity index (χ2v) is 5.45. The van der Waals surface area contributed by atoms with E-state index in [1.165, 1.54) is 0 Å². The molecule has 0 aliphatic carbocycles. The van der Waals surface area contributed by atoms with E-state index < -0.39 is 0 Å². The van der Waals surface area contributed by atoms with E-state index in [0.717, 1.165) is 42.9 Å². The summed E-state index contributed by atoms with van der Waals surface area (Å²) in [7, 11) is 0. The fourth-order valence-corrected chi connectivity index (χ4v) is 2.79. The first kappa shape index (κ1) is 13.9. The highest BCUT2D eigenvalue weighted by atomic mass is 16.5. The normalized spacial score (nSPS) is 18.4.